The van der Waals surface area contributed by atoms with Crippen molar-refractivity contribution in [2.75, 3.05) is 26.2 Å². The second kappa shape index (κ2) is 6.50. The van der Waals surface area contributed by atoms with Gasteiger partial charge >= 0.3 is 0 Å². The van der Waals surface area contributed by atoms with Crippen LogP contribution >= 0.6 is 0 Å². The topological polar surface area (TPSA) is 67.6 Å². The number of rotatable bonds is 5. The molecule has 2 unspecified atom stereocenters. The zero-order valence-electron chi connectivity index (χ0n) is 12.0. The number of nitrogens with zero attached hydrogens (tertiary/aromatic N) is 1. The zero-order chi connectivity index (χ0) is 13.8. The summed E-state index contributed by atoms with van der Waals surface area (Å²) in [5.41, 5.74) is 5.46. The molecule has 5 heteroatoms. The lowest BCUT2D eigenvalue weighted by atomic mass is 10.0. The van der Waals surface area contributed by atoms with E-state index in [1.165, 1.54) is 0 Å². The van der Waals surface area contributed by atoms with E-state index in [1.54, 1.807) is 0 Å². The number of amides is 1. The first-order valence-corrected chi connectivity index (χ1v) is 6.77. The van der Waals surface area contributed by atoms with Gasteiger partial charge in [0.05, 0.1) is 18.8 Å². The van der Waals surface area contributed by atoms with Crippen LogP contribution in [0.25, 0.3) is 0 Å². The Labute approximate surface area is 110 Å². The molecule has 2 atom stereocenters. The van der Waals surface area contributed by atoms with Crippen molar-refractivity contribution in [3.63, 3.8) is 0 Å². The molecular weight excluding hydrogens is 230 g/mol. The van der Waals surface area contributed by atoms with Crippen molar-refractivity contribution >= 4 is 5.91 Å². The third-order valence-electron chi connectivity index (χ3n) is 3.71. The largest absolute Gasteiger partial charge is 0.374 e. The minimum atomic E-state index is -0.148. The van der Waals surface area contributed by atoms with E-state index in [0.29, 0.717) is 13.2 Å². The van der Waals surface area contributed by atoms with Gasteiger partial charge in [0.25, 0.3) is 0 Å². The molecule has 0 aromatic carbocycles. The summed E-state index contributed by atoms with van der Waals surface area (Å²) in [5, 5.41) is 3.08. The number of hydrogen-bond donors (Lipinski definition) is 2. The molecule has 1 amide bonds. The molecule has 106 valence electrons. The monoisotopic (exact) mass is 257 g/mol. The quantitative estimate of drug-likeness (QED) is 0.745. The first-order chi connectivity index (χ1) is 8.39. The van der Waals surface area contributed by atoms with Gasteiger partial charge in [0, 0.05) is 25.2 Å². The van der Waals surface area contributed by atoms with E-state index < -0.39 is 0 Å². The third kappa shape index (κ3) is 4.23. The number of carbonyl (C=O) groups is 1. The molecular formula is C13H27N3O2. The van der Waals surface area contributed by atoms with E-state index in [4.69, 9.17) is 10.5 Å². The Morgan fingerprint density at radius 2 is 2.28 bits per heavy atom. The van der Waals surface area contributed by atoms with Gasteiger partial charge in [0.1, 0.15) is 0 Å². The van der Waals surface area contributed by atoms with E-state index in [1.807, 2.05) is 20.8 Å². The van der Waals surface area contributed by atoms with Crippen molar-refractivity contribution in [1.82, 2.24) is 10.2 Å². The van der Waals surface area contributed by atoms with E-state index in [9.17, 15) is 4.79 Å². The molecule has 0 spiro atoms. The highest BCUT2D eigenvalue weighted by Crippen LogP contribution is 2.11. The fraction of sp³-hybridized carbons (Fsp3) is 0.923. The van der Waals surface area contributed by atoms with Crippen molar-refractivity contribution in [2.24, 2.45) is 5.73 Å². The van der Waals surface area contributed by atoms with Crippen LogP contribution in [0.5, 0.6) is 0 Å². The minimum Gasteiger partial charge on any atom is -0.374 e. The maximum Gasteiger partial charge on any atom is 0.237 e. The Kier molecular flexibility index (Phi) is 5.56. The SMILES string of the molecule is CCC(C)(C)NC(=O)C(C)N1CCOC(CN)C1. The van der Waals surface area contributed by atoms with Crippen LogP contribution < -0.4 is 11.1 Å². The Morgan fingerprint density at radius 3 is 2.83 bits per heavy atom. The first kappa shape index (κ1) is 15.4. The molecule has 1 heterocycles. The highest BCUT2D eigenvalue weighted by atomic mass is 16.5. The lowest BCUT2D eigenvalue weighted by molar-refractivity contribution is -0.130. The molecule has 0 radical (unpaired) electrons. The smallest absolute Gasteiger partial charge is 0.237 e. The molecule has 0 saturated carbocycles. The van der Waals surface area contributed by atoms with Crippen LogP contribution in [0.1, 0.15) is 34.1 Å². The van der Waals surface area contributed by atoms with Crippen molar-refractivity contribution in [3.8, 4) is 0 Å². The summed E-state index contributed by atoms with van der Waals surface area (Å²) in [7, 11) is 0. The standard InChI is InChI=1S/C13H27N3O2/c1-5-13(3,4)15-12(17)10(2)16-6-7-18-11(8-14)9-16/h10-11H,5-9,14H2,1-4H3,(H,15,17). The van der Waals surface area contributed by atoms with Crippen molar-refractivity contribution in [1.29, 1.82) is 0 Å². The molecule has 1 fully saturated rings. The van der Waals surface area contributed by atoms with Crippen LogP contribution in [-0.2, 0) is 9.53 Å². The second-order valence-electron chi connectivity index (χ2n) is 5.63. The number of carbonyl (C=O) groups excluding carboxylic acids is 1. The Morgan fingerprint density at radius 1 is 1.61 bits per heavy atom. The molecule has 1 aliphatic heterocycles. The molecule has 5 nitrogen and oxygen atoms in total. The Hall–Kier alpha value is -0.650. The molecule has 1 saturated heterocycles. The summed E-state index contributed by atoms with van der Waals surface area (Å²) in [4.78, 5) is 14.3. The minimum absolute atomic E-state index is 0.0492. The highest BCUT2D eigenvalue weighted by Gasteiger charge is 2.29. The number of hydrogen-bond acceptors (Lipinski definition) is 4. The Balaban J connectivity index is 2.52. The van der Waals surface area contributed by atoms with Gasteiger partial charge in [0.15, 0.2) is 0 Å². The van der Waals surface area contributed by atoms with Gasteiger partial charge in [-0.25, -0.2) is 0 Å². The van der Waals surface area contributed by atoms with E-state index in [0.717, 1.165) is 19.5 Å². The van der Waals surface area contributed by atoms with Crippen LogP contribution in [0.15, 0.2) is 0 Å². The third-order valence-corrected chi connectivity index (χ3v) is 3.71. The molecule has 18 heavy (non-hydrogen) atoms. The van der Waals surface area contributed by atoms with Gasteiger partial charge in [-0.2, -0.15) is 0 Å². The van der Waals surface area contributed by atoms with Crippen molar-refractivity contribution < 1.29 is 9.53 Å². The number of nitrogens with two attached hydrogens (primary N) is 1. The van der Waals surface area contributed by atoms with E-state index in [-0.39, 0.29) is 23.6 Å². The summed E-state index contributed by atoms with van der Waals surface area (Å²) < 4.78 is 5.51. The van der Waals surface area contributed by atoms with Crippen LogP contribution in [-0.4, -0.2) is 54.7 Å². The molecule has 1 rings (SSSR count). The van der Waals surface area contributed by atoms with Crippen molar-refractivity contribution in [3.05, 3.63) is 0 Å². The Bertz CT molecular complexity index is 281. The van der Waals surface area contributed by atoms with Crippen LogP contribution in [0.2, 0.25) is 0 Å². The fourth-order valence-electron chi connectivity index (χ4n) is 1.93. The van der Waals surface area contributed by atoms with Gasteiger partial charge < -0.3 is 15.8 Å². The lowest BCUT2D eigenvalue weighted by Gasteiger charge is -2.37. The number of nitrogens with one attached hydrogen (secondary N) is 1. The highest BCUT2D eigenvalue weighted by molar-refractivity contribution is 5.82. The maximum atomic E-state index is 12.2. The predicted molar refractivity (Wildman–Crippen MR) is 72.3 cm³/mol. The summed E-state index contributed by atoms with van der Waals surface area (Å²) >= 11 is 0. The van der Waals surface area contributed by atoms with Crippen LogP contribution in [0.3, 0.4) is 0 Å². The summed E-state index contributed by atoms with van der Waals surface area (Å²) in [5.74, 6) is 0.0829. The fourth-order valence-corrected chi connectivity index (χ4v) is 1.93. The lowest BCUT2D eigenvalue weighted by Crippen LogP contribution is -2.56. The molecule has 3 N–H and O–H groups in total. The average molecular weight is 257 g/mol. The summed E-state index contributed by atoms with van der Waals surface area (Å²) in [6.07, 6.45) is 0.966. The number of morpholine rings is 1. The van der Waals surface area contributed by atoms with Gasteiger partial charge in [0.2, 0.25) is 5.91 Å². The van der Waals surface area contributed by atoms with Gasteiger partial charge in [-0.3, -0.25) is 9.69 Å². The molecule has 0 bridgehead atoms. The number of ether oxygens (including phenoxy) is 1. The van der Waals surface area contributed by atoms with Gasteiger partial charge in [-0.05, 0) is 27.2 Å². The van der Waals surface area contributed by atoms with E-state index in [2.05, 4.69) is 17.1 Å². The van der Waals surface area contributed by atoms with Gasteiger partial charge in [-0.15, -0.1) is 0 Å². The van der Waals surface area contributed by atoms with Gasteiger partial charge in [-0.1, -0.05) is 6.92 Å². The zero-order valence-corrected chi connectivity index (χ0v) is 12.0. The van der Waals surface area contributed by atoms with Crippen LogP contribution in [0.4, 0.5) is 0 Å². The summed E-state index contributed by atoms with van der Waals surface area (Å²) in [6, 6.07) is -0.131. The van der Waals surface area contributed by atoms with Crippen LogP contribution in [0, 0.1) is 0 Å². The second-order valence-corrected chi connectivity index (χ2v) is 5.63. The average Bonchev–Trinajstić information content (AvgIpc) is 2.37. The molecule has 0 aliphatic carbocycles. The summed E-state index contributed by atoms with van der Waals surface area (Å²) in [6.45, 7) is 10.8. The van der Waals surface area contributed by atoms with Crippen molar-refractivity contribution in [2.45, 2.75) is 51.8 Å². The predicted octanol–water partition coefficient (Wildman–Crippen LogP) is 0.339. The molecule has 0 aromatic rings. The molecule has 0 aromatic heterocycles. The molecule has 1 aliphatic rings. The normalized spacial score (nSPS) is 23.7. The maximum absolute atomic E-state index is 12.2. The van der Waals surface area contributed by atoms with E-state index >= 15 is 0 Å². The first-order valence-electron chi connectivity index (χ1n) is 6.77.